The number of rotatable bonds is 0. The van der Waals surface area contributed by atoms with Crippen molar-refractivity contribution in [2.24, 2.45) is 23.7 Å². The molecule has 0 nitrogen and oxygen atoms in total. The summed E-state index contributed by atoms with van der Waals surface area (Å²) in [6.45, 7) is 0. The van der Waals surface area contributed by atoms with Gasteiger partial charge in [-0.3, -0.25) is 0 Å². The van der Waals surface area contributed by atoms with E-state index in [2.05, 4.69) is 12.2 Å². The number of hydrogen-bond donors (Lipinski definition) is 0. The van der Waals surface area contributed by atoms with Gasteiger partial charge in [0.15, 0.2) is 4.33 Å². The second kappa shape index (κ2) is 3.76. The van der Waals surface area contributed by atoms with E-state index in [0.717, 1.165) is 12.8 Å². The van der Waals surface area contributed by atoms with Gasteiger partial charge in [-0.25, -0.2) is 0 Å². The third-order valence-corrected chi connectivity index (χ3v) is 9.70. The van der Waals surface area contributed by atoms with Crippen LogP contribution < -0.4 is 0 Å². The lowest BCUT2D eigenvalue weighted by Gasteiger charge is -2.50. The van der Waals surface area contributed by atoms with Crippen molar-refractivity contribution in [1.82, 2.24) is 0 Å². The van der Waals surface area contributed by atoms with Crippen LogP contribution in [0.3, 0.4) is 0 Å². The Morgan fingerprint density at radius 2 is 1.16 bits per heavy atom. The second-order valence-corrected chi connectivity index (χ2v) is 9.24. The molecule has 5 rings (SSSR count). The minimum absolute atomic E-state index is 0.0559. The molecule has 104 valence electrons. The van der Waals surface area contributed by atoms with Gasteiger partial charge in [-0.05, 0) is 36.5 Å². The fourth-order valence-corrected chi connectivity index (χ4v) is 7.79. The maximum Gasteiger partial charge on any atom is 0.166 e. The van der Waals surface area contributed by atoms with Crippen molar-refractivity contribution in [3.63, 3.8) is 0 Å². The van der Waals surface area contributed by atoms with Crippen molar-refractivity contribution in [2.45, 2.75) is 26.9 Å². The van der Waals surface area contributed by atoms with Crippen LogP contribution in [0.4, 0.5) is 0 Å². The highest BCUT2D eigenvalue weighted by Crippen LogP contribution is 2.80. The van der Waals surface area contributed by atoms with E-state index in [1.165, 1.54) is 0 Å². The molecule has 0 aromatic rings. The average Bonchev–Trinajstić information content (AvgIpc) is 2.62. The van der Waals surface area contributed by atoms with Crippen LogP contribution in [0.25, 0.3) is 0 Å². The van der Waals surface area contributed by atoms with E-state index >= 15 is 0 Å². The molecular formula is C13H10Cl6. The van der Waals surface area contributed by atoms with Crippen molar-refractivity contribution >= 4 is 69.6 Å². The Morgan fingerprint density at radius 3 is 1.47 bits per heavy atom. The average molecular weight is 379 g/mol. The van der Waals surface area contributed by atoms with Crippen molar-refractivity contribution in [3.8, 4) is 0 Å². The fraction of sp³-hybridized carbons (Fsp3) is 0.692. The second-order valence-electron chi connectivity index (χ2n) is 5.97. The molecule has 19 heavy (non-hydrogen) atoms. The summed E-state index contributed by atoms with van der Waals surface area (Å²) in [6.07, 6.45) is 6.58. The van der Waals surface area contributed by atoms with Gasteiger partial charge in [0.1, 0.15) is 9.75 Å². The number of fused-ring (bicyclic) bond motifs is 3. The topological polar surface area (TPSA) is 0 Å². The molecule has 6 heteroatoms. The lowest BCUT2D eigenvalue weighted by Crippen LogP contribution is -2.48. The number of allylic oxidation sites excluding steroid dienone is 4. The molecule has 0 aromatic heterocycles. The van der Waals surface area contributed by atoms with E-state index in [1.54, 1.807) is 0 Å². The van der Waals surface area contributed by atoms with E-state index in [1.807, 2.05) is 0 Å². The van der Waals surface area contributed by atoms with E-state index in [9.17, 15) is 0 Å². The summed E-state index contributed by atoms with van der Waals surface area (Å²) >= 11 is 39.6. The summed E-state index contributed by atoms with van der Waals surface area (Å²) in [7, 11) is 0. The van der Waals surface area contributed by atoms with Gasteiger partial charge in [0, 0.05) is 0 Å². The van der Waals surface area contributed by atoms with Gasteiger partial charge in [-0.1, -0.05) is 58.6 Å². The van der Waals surface area contributed by atoms with Gasteiger partial charge in [-0.2, -0.15) is 0 Å². The molecule has 0 aromatic carbocycles. The molecule has 0 amide bonds. The molecule has 2 fully saturated rings. The fourth-order valence-electron chi connectivity index (χ4n) is 4.65. The SMILES string of the molecule is ClC1=C(Cl)[C@]2(Cl)[C@@H]3[C@@H]([C@@H]4C=C[C@H]3CC4)[C@@]1(Cl)C2(Cl)Cl. The van der Waals surface area contributed by atoms with Crippen LogP contribution in [-0.4, -0.2) is 14.1 Å². The quantitative estimate of drug-likeness (QED) is 0.377. The minimum Gasteiger partial charge on any atom is -0.109 e. The number of halogens is 6. The maximum absolute atomic E-state index is 6.83. The van der Waals surface area contributed by atoms with Gasteiger partial charge in [0.25, 0.3) is 0 Å². The van der Waals surface area contributed by atoms with Crippen LogP contribution in [0.5, 0.6) is 0 Å². The predicted octanol–water partition coefficient (Wildman–Crippen LogP) is 5.66. The molecule has 0 heterocycles. The third-order valence-electron chi connectivity index (χ3n) is 5.41. The summed E-state index contributed by atoms with van der Waals surface area (Å²) in [5, 5.41) is 0.663. The minimum atomic E-state index is -1.38. The number of alkyl halides is 4. The van der Waals surface area contributed by atoms with Gasteiger partial charge < -0.3 is 0 Å². The molecule has 0 spiro atoms. The highest BCUT2D eigenvalue weighted by atomic mass is 35.5. The first kappa shape index (κ1) is 13.9. The van der Waals surface area contributed by atoms with Crippen molar-refractivity contribution in [2.75, 3.05) is 0 Å². The Bertz CT molecular complexity index is 493. The number of hydrogen-bond acceptors (Lipinski definition) is 0. The smallest absolute Gasteiger partial charge is 0.109 e. The van der Waals surface area contributed by atoms with Gasteiger partial charge in [0.2, 0.25) is 0 Å². The van der Waals surface area contributed by atoms with E-state index in [-0.39, 0.29) is 11.8 Å². The molecule has 0 N–H and O–H groups in total. The maximum atomic E-state index is 6.83. The summed E-state index contributed by atoms with van der Waals surface area (Å²) in [4.78, 5) is -2.15. The molecule has 4 bridgehead atoms. The van der Waals surface area contributed by atoms with E-state index in [0.29, 0.717) is 21.9 Å². The van der Waals surface area contributed by atoms with Crippen LogP contribution in [0.1, 0.15) is 12.8 Å². The van der Waals surface area contributed by atoms with Crippen molar-refractivity contribution < 1.29 is 0 Å². The van der Waals surface area contributed by atoms with Crippen LogP contribution in [0.2, 0.25) is 0 Å². The zero-order valence-electron chi connectivity index (χ0n) is 9.65. The summed E-state index contributed by atoms with van der Waals surface area (Å²) in [5.41, 5.74) is 0. The standard InChI is InChI=1S/C13H10Cl6/c14-9-10(15)12(17)8-6-2-1-5(3-4-6)7(8)11(9,16)13(12,18)19/h1-2,5-8H,3-4H2/t5-,6+,7-,8+,11+,12-. The van der Waals surface area contributed by atoms with Crippen LogP contribution in [0, 0.1) is 23.7 Å². The molecule has 2 saturated carbocycles. The Labute approximate surface area is 142 Å². The van der Waals surface area contributed by atoms with E-state index in [4.69, 9.17) is 69.6 Å². The monoisotopic (exact) mass is 376 g/mol. The van der Waals surface area contributed by atoms with Crippen LogP contribution in [0.15, 0.2) is 22.2 Å². The van der Waals surface area contributed by atoms with Crippen LogP contribution >= 0.6 is 69.6 Å². The first-order valence-corrected chi connectivity index (χ1v) is 8.55. The van der Waals surface area contributed by atoms with Gasteiger partial charge >= 0.3 is 0 Å². The molecule has 0 saturated heterocycles. The Kier molecular flexibility index (Phi) is 2.74. The summed E-state index contributed by atoms with van der Waals surface area (Å²) in [5.74, 6) is 0.757. The molecule has 5 aliphatic rings. The molecule has 0 radical (unpaired) electrons. The zero-order chi connectivity index (χ0) is 13.8. The highest BCUT2D eigenvalue weighted by Gasteiger charge is 2.84. The Hall–Kier alpha value is 1.22. The highest BCUT2D eigenvalue weighted by molar-refractivity contribution is 6.65. The van der Waals surface area contributed by atoms with Gasteiger partial charge in [-0.15, -0.1) is 23.2 Å². The third kappa shape index (κ3) is 1.19. The zero-order valence-corrected chi connectivity index (χ0v) is 14.2. The molecular weight excluding hydrogens is 369 g/mol. The lowest BCUT2D eigenvalue weighted by atomic mass is 9.58. The van der Waals surface area contributed by atoms with Crippen molar-refractivity contribution in [3.05, 3.63) is 22.2 Å². The molecule has 0 aliphatic heterocycles. The van der Waals surface area contributed by atoms with E-state index < -0.39 is 14.1 Å². The summed E-state index contributed by atoms with van der Waals surface area (Å²) < 4.78 is -1.38. The lowest BCUT2D eigenvalue weighted by molar-refractivity contribution is 0.122. The van der Waals surface area contributed by atoms with Crippen LogP contribution in [-0.2, 0) is 0 Å². The molecule has 0 unspecified atom stereocenters. The Balaban J connectivity index is 2.02. The molecule has 5 aliphatic carbocycles. The normalized spacial score (nSPS) is 56.9. The first-order valence-electron chi connectivity index (χ1n) is 6.28. The largest absolute Gasteiger partial charge is 0.166 e. The van der Waals surface area contributed by atoms with Gasteiger partial charge in [0.05, 0.1) is 10.1 Å². The predicted molar refractivity (Wildman–Crippen MR) is 82.7 cm³/mol. The first-order chi connectivity index (χ1) is 8.78. The van der Waals surface area contributed by atoms with Crippen molar-refractivity contribution in [1.29, 1.82) is 0 Å². The Morgan fingerprint density at radius 1 is 0.789 bits per heavy atom. The summed E-state index contributed by atoms with van der Waals surface area (Å²) in [6, 6.07) is 0. The molecule has 6 atom stereocenters.